The van der Waals surface area contributed by atoms with Gasteiger partial charge in [0.25, 0.3) is 5.91 Å². The van der Waals surface area contributed by atoms with Gasteiger partial charge in [0.1, 0.15) is 5.82 Å². The van der Waals surface area contributed by atoms with Crippen molar-refractivity contribution in [3.63, 3.8) is 0 Å². The number of hydrogen-bond acceptors (Lipinski definition) is 3. The van der Waals surface area contributed by atoms with E-state index in [1.807, 2.05) is 64.1 Å². The van der Waals surface area contributed by atoms with Crippen molar-refractivity contribution in [2.45, 2.75) is 27.7 Å². The highest BCUT2D eigenvalue weighted by atomic mass is 35.5. The predicted molar refractivity (Wildman–Crippen MR) is 133 cm³/mol. The van der Waals surface area contributed by atoms with Crippen molar-refractivity contribution in [2.24, 2.45) is 4.99 Å². The van der Waals surface area contributed by atoms with Crippen molar-refractivity contribution in [1.82, 2.24) is 0 Å². The van der Waals surface area contributed by atoms with E-state index >= 15 is 0 Å². The molecule has 0 aromatic heterocycles. The standard InChI is InChI=1S/C26H22ClFN2OS/c1-15-8-10-17(3)22(12-15)29-26-30(23-13-16(2)9-11-18(23)4)25(31)24(32-26)14-19-20(27)6-5-7-21(19)28/h5-14H,1-4H3/b24-14+,29-26?. The van der Waals surface area contributed by atoms with Gasteiger partial charge < -0.3 is 0 Å². The van der Waals surface area contributed by atoms with Crippen LogP contribution < -0.4 is 4.90 Å². The van der Waals surface area contributed by atoms with Gasteiger partial charge in [0.05, 0.1) is 21.3 Å². The van der Waals surface area contributed by atoms with Crippen molar-refractivity contribution >= 4 is 51.9 Å². The molecule has 162 valence electrons. The topological polar surface area (TPSA) is 32.7 Å². The van der Waals surface area contributed by atoms with E-state index in [1.54, 1.807) is 17.0 Å². The Balaban J connectivity index is 1.89. The van der Waals surface area contributed by atoms with Gasteiger partial charge in [-0.05, 0) is 92.1 Å². The summed E-state index contributed by atoms with van der Waals surface area (Å²) in [6.07, 6.45) is 1.51. The lowest BCUT2D eigenvalue weighted by molar-refractivity contribution is -0.113. The maximum Gasteiger partial charge on any atom is 0.271 e. The van der Waals surface area contributed by atoms with Crippen LogP contribution in [0, 0.1) is 33.5 Å². The number of aliphatic imine (C=N–C) groups is 1. The fourth-order valence-electron chi connectivity index (χ4n) is 3.44. The maximum atomic E-state index is 14.4. The molecule has 1 fully saturated rings. The largest absolute Gasteiger partial charge is 0.271 e. The quantitative estimate of drug-likeness (QED) is 0.375. The van der Waals surface area contributed by atoms with Gasteiger partial charge in [0, 0.05) is 5.56 Å². The second kappa shape index (κ2) is 8.93. The molecule has 3 nitrogen and oxygen atoms in total. The van der Waals surface area contributed by atoms with E-state index in [4.69, 9.17) is 16.6 Å². The molecule has 6 heteroatoms. The number of amidine groups is 1. The van der Waals surface area contributed by atoms with Crippen LogP contribution in [0.3, 0.4) is 0 Å². The normalized spacial score (nSPS) is 16.4. The molecule has 1 heterocycles. The molecule has 1 aliphatic heterocycles. The zero-order valence-corrected chi connectivity index (χ0v) is 19.8. The smallest absolute Gasteiger partial charge is 0.268 e. The molecule has 0 bridgehead atoms. The Bertz CT molecular complexity index is 1280. The van der Waals surface area contributed by atoms with Gasteiger partial charge >= 0.3 is 0 Å². The van der Waals surface area contributed by atoms with Crippen molar-refractivity contribution < 1.29 is 9.18 Å². The van der Waals surface area contributed by atoms with E-state index in [1.165, 1.54) is 23.9 Å². The Labute approximate surface area is 196 Å². The third kappa shape index (κ3) is 4.36. The number of benzene rings is 3. The summed E-state index contributed by atoms with van der Waals surface area (Å²) in [5, 5.41) is 0.778. The Hall–Kier alpha value is -2.89. The Morgan fingerprint density at radius 1 is 0.969 bits per heavy atom. The number of hydrogen-bond donors (Lipinski definition) is 0. The summed E-state index contributed by atoms with van der Waals surface area (Å²) in [5.41, 5.74) is 5.81. The van der Waals surface area contributed by atoms with E-state index in [9.17, 15) is 9.18 Å². The molecule has 1 aliphatic rings. The summed E-state index contributed by atoms with van der Waals surface area (Å²) < 4.78 is 14.4. The fraction of sp³-hybridized carbons (Fsp3) is 0.154. The molecule has 1 saturated heterocycles. The van der Waals surface area contributed by atoms with Gasteiger partial charge in [-0.2, -0.15) is 0 Å². The fourth-order valence-corrected chi connectivity index (χ4v) is 4.63. The van der Waals surface area contributed by atoms with Crippen molar-refractivity contribution in [2.75, 3.05) is 4.90 Å². The highest BCUT2D eigenvalue weighted by Gasteiger charge is 2.36. The van der Waals surface area contributed by atoms with Crippen LogP contribution in [0.1, 0.15) is 27.8 Å². The van der Waals surface area contributed by atoms with E-state index in [2.05, 4.69) is 0 Å². The third-order valence-electron chi connectivity index (χ3n) is 5.27. The lowest BCUT2D eigenvalue weighted by atomic mass is 10.1. The second-order valence-corrected chi connectivity index (χ2v) is 9.28. The molecule has 0 aliphatic carbocycles. The van der Waals surface area contributed by atoms with Gasteiger partial charge in [-0.3, -0.25) is 9.69 Å². The lowest BCUT2D eigenvalue weighted by Gasteiger charge is -2.19. The molecule has 0 N–H and O–H groups in total. The van der Waals surface area contributed by atoms with Crippen LogP contribution in [0.5, 0.6) is 0 Å². The summed E-state index contributed by atoms with van der Waals surface area (Å²) >= 11 is 7.43. The molecule has 1 amide bonds. The highest BCUT2D eigenvalue weighted by molar-refractivity contribution is 8.19. The second-order valence-electron chi connectivity index (χ2n) is 7.86. The summed E-state index contributed by atoms with van der Waals surface area (Å²) in [7, 11) is 0. The molecule has 32 heavy (non-hydrogen) atoms. The Kier molecular flexibility index (Phi) is 6.22. The zero-order valence-electron chi connectivity index (χ0n) is 18.2. The van der Waals surface area contributed by atoms with Crippen LogP contribution in [0.2, 0.25) is 5.02 Å². The minimum Gasteiger partial charge on any atom is -0.268 e. The first-order valence-corrected chi connectivity index (χ1v) is 11.4. The number of halogens is 2. The summed E-state index contributed by atoms with van der Waals surface area (Å²) in [6, 6.07) is 16.4. The van der Waals surface area contributed by atoms with Crippen molar-refractivity contribution in [1.29, 1.82) is 0 Å². The summed E-state index contributed by atoms with van der Waals surface area (Å²) in [5.74, 6) is -0.733. The predicted octanol–water partition coefficient (Wildman–Crippen LogP) is 7.52. The third-order valence-corrected chi connectivity index (χ3v) is 6.57. The molecule has 4 rings (SSSR count). The number of amides is 1. The number of rotatable bonds is 3. The van der Waals surface area contributed by atoms with Crippen molar-refractivity contribution in [3.8, 4) is 0 Å². The van der Waals surface area contributed by atoms with Gasteiger partial charge in [0.2, 0.25) is 0 Å². The van der Waals surface area contributed by atoms with Gasteiger partial charge in [-0.25, -0.2) is 9.38 Å². The van der Waals surface area contributed by atoms with E-state index < -0.39 is 5.82 Å². The Morgan fingerprint density at radius 3 is 2.38 bits per heavy atom. The minimum absolute atomic E-state index is 0.193. The molecular formula is C26H22ClFN2OS. The van der Waals surface area contributed by atoms with Gasteiger partial charge in [0.15, 0.2) is 5.17 Å². The van der Waals surface area contributed by atoms with E-state index in [0.717, 1.165) is 33.6 Å². The van der Waals surface area contributed by atoms with Crippen LogP contribution in [0.15, 0.2) is 64.5 Å². The van der Waals surface area contributed by atoms with Crippen LogP contribution in [0.4, 0.5) is 15.8 Å². The number of carbonyl (C=O) groups is 1. The number of aryl methyl sites for hydroxylation is 4. The van der Waals surface area contributed by atoms with Gasteiger partial charge in [-0.1, -0.05) is 41.9 Å². The summed E-state index contributed by atoms with van der Waals surface area (Å²) in [4.78, 5) is 20.4. The maximum absolute atomic E-state index is 14.4. The molecule has 0 spiro atoms. The molecule has 0 atom stereocenters. The van der Waals surface area contributed by atoms with Crippen LogP contribution in [0.25, 0.3) is 6.08 Å². The van der Waals surface area contributed by atoms with Crippen LogP contribution >= 0.6 is 23.4 Å². The number of thioether (sulfide) groups is 1. The first kappa shape index (κ1) is 22.3. The lowest BCUT2D eigenvalue weighted by Crippen LogP contribution is -2.29. The highest BCUT2D eigenvalue weighted by Crippen LogP contribution is 2.40. The van der Waals surface area contributed by atoms with E-state index in [0.29, 0.717) is 10.1 Å². The van der Waals surface area contributed by atoms with Crippen LogP contribution in [-0.4, -0.2) is 11.1 Å². The van der Waals surface area contributed by atoms with Crippen molar-refractivity contribution in [3.05, 3.63) is 98.2 Å². The first-order valence-electron chi connectivity index (χ1n) is 10.2. The molecular weight excluding hydrogens is 443 g/mol. The average molecular weight is 465 g/mol. The zero-order chi connectivity index (χ0) is 23.0. The number of anilines is 1. The van der Waals surface area contributed by atoms with Gasteiger partial charge in [-0.15, -0.1) is 0 Å². The minimum atomic E-state index is -0.475. The monoisotopic (exact) mass is 464 g/mol. The average Bonchev–Trinajstić information content (AvgIpc) is 3.04. The first-order chi connectivity index (χ1) is 15.2. The van der Waals surface area contributed by atoms with E-state index in [-0.39, 0.29) is 16.5 Å². The van der Waals surface area contributed by atoms with Crippen LogP contribution in [-0.2, 0) is 4.79 Å². The molecule has 3 aromatic carbocycles. The molecule has 0 radical (unpaired) electrons. The molecule has 0 saturated carbocycles. The Morgan fingerprint density at radius 2 is 1.66 bits per heavy atom. The summed E-state index contributed by atoms with van der Waals surface area (Å²) in [6.45, 7) is 7.92. The SMILES string of the molecule is Cc1ccc(C)c(N=C2S/C(=C/c3c(F)cccc3Cl)C(=O)N2c2cc(C)ccc2C)c1. The number of nitrogens with zero attached hydrogens (tertiary/aromatic N) is 2. The molecule has 3 aromatic rings. The molecule has 0 unspecified atom stereocenters. The number of carbonyl (C=O) groups excluding carboxylic acids is 1.